The lowest BCUT2D eigenvalue weighted by molar-refractivity contribution is -0.218. The second-order valence-electron chi connectivity index (χ2n) is 7.99. The molecule has 4 atom stereocenters. The first-order valence-electron chi connectivity index (χ1n) is 9.30. The number of rotatable bonds is 7. The lowest BCUT2D eigenvalue weighted by Gasteiger charge is -2.39. The summed E-state index contributed by atoms with van der Waals surface area (Å²) in [5.74, 6) is -1.52. The number of aliphatic hydroxyl groups is 1. The van der Waals surface area contributed by atoms with E-state index < -0.39 is 35.5 Å². The fraction of sp³-hybridized carbons (Fsp3) is 0.619. The van der Waals surface area contributed by atoms with Crippen LogP contribution in [-0.4, -0.2) is 53.8 Å². The smallest absolute Gasteiger partial charge is 0.163 e. The summed E-state index contributed by atoms with van der Waals surface area (Å²) in [7, 11) is 0. The van der Waals surface area contributed by atoms with Gasteiger partial charge in [0.1, 0.15) is 23.9 Å². The predicted molar refractivity (Wildman–Crippen MR) is 100.0 cm³/mol. The molecule has 0 aliphatic carbocycles. The summed E-state index contributed by atoms with van der Waals surface area (Å²) in [6.45, 7) is 12.0. The Hall–Kier alpha value is -1.28. The SMILES string of the molecule is C=C[C@](O)([C@H](OCc1ccccc1)[C@H]1COC(C)(C)O1)[C@H]1COC(C)(C)O1. The zero-order valence-corrected chi connectivity index (χ0v) is 16.5. The Kier molecular flexibility index (Phi) is 5.77. The second-order valence-corrected chi connectivity index (χ2v) is 7.99. The molecule has 3 rings (SSSR count). The van der Waals surface area contributed by atoms with Crippen molar-refractivity contribution in [3.8, 4) is 0 Å². The van der Waals surface area contributed by atoms with Crippen LogP contribution in [0.4, 0.5) is 0 Å². The maximum absolute atomic E-state index is 11.5. The maximum atomic E-state index is 11.5. The topological polar surface area (TPSA) is 66.4 Å². The van der Waals surface area contributed by atoms with E-state index in [0.29, 0.717) is 13.2 Å². The largest absolute Gasteiger partial charge is 0.380 e. The van der Waals surface area contributed by atoms with Crippen molar-refractivity contribution in [2.24, 2.45) is 0 Å². The quantitative estimate of drug-likeness (QED) is 0.736. The third-order valence-electron chi connectivity index (χ3n) is 4.95. The van der Waals surface area contributed by atoms with Gasteiger partial charge in [-0.2, -0.15) is 0 Å². The molecule has 0 bridgehead atoms. The molecule has 1 aromatic carbocycles. The molecule has 0 saturated carbocycles. The Balaban J connectivity index is 1.84. The Bertz CT molecular complexity index is 643. The highest BCUT2D eigenvalue weighted by Crippen LogP contribution is 2.37. The van der Waals surface area contributed by atoms with Crippen LogP contribution in [0, 0.1) is 0 Å². The first-order chi connectivity index (χ1) is 12.7. The summed E-state index contributed by atoms with van der Waals surface area (Å²) >= 11 is 0. The zero-order chi connectivity index (χ0) is 19.7. The Morgan fingerprint density at radius 1 is 1.15 bits per heavy atom. The fourth-order valence-electron chi connectivity index (χ4n) is 3.51. The summed E-state index contributed by atoms with van der Waals surface area (Å²) in [6, 6.07) is 9.78. The van der Waals surface area contributed by atoms with Crippen LogP contribution in [-0.2, 0) is 30.3 Å². The molecule has 2 heterocycles. The minimum atomic E-state index is -1.50. The van der Waals surface area contributed by atoms with Gasteiger partial charge in [-0.05, 0) is 33.3 Å². The van der Waals surface area contributed by atoms with Crippen LogP contribution in [0.1, 0.15) is 33.3 Å². The summed E-state index contributed by atoms with van der Waals surface area (Å²) in [5.41, 5.74) is -0.507. The molecule has 6 heteroatoms. The summed E-state index contributed by atoms with van der Waals surface area (Å²) in [5, 5.41) is 11.5. The van der Waals surface area contributed by atoms with Crippen molar-refractivity contribution in [2.45, 2.75) is 69.8 Å². The molecule has 27 heavy (non-hydrogen) atoms. The van der Waals surface area contributed by atoms with E-state index in [1.54, 1.807) is 0 Å². The average Bonchev–Trinajstić information content (AvgIpc) is 3.17. The third kappa shape index (κ3) is 4.59. The van der Waals surface area contributed by atoms with Crippen molar-refractivity contribution >= 4 is 0 Å². The molecule has 2 saturated heterocycles. The molecule has 1 N–H and O–H groups in total. The molecule has 0 aromatic heterocycles. The molecular weight excluding hydrogens is 348 g/mol. The van der Waals surface area contributed by atoms with E-state index in [9.17, 15) is 5.11 Å². The van der Waals surface area contributed by atoms with E-state index in [1.165, 1.54) is 6.08 Å². The van der Waals surface area contributed by atoms with Crippen LogP contribution in [0.5, 0.6) is 0 Å². The van der Waals surface area contributed by atoms with Crippen LogP contribution in [0.25, 0.3) is 0 Å². The highest BCUT2D eigenvalue weighted by molar-refractivity contribution is 5.15. The van der Waals surface area contributed by atoms with Gasteiger partial charge in [0.25, 0.3) is 0 Å². The second kappa shape index (κ2) is 7.62. The van der Waals surface area contributed by atoms with Crippen molar-refractivity contribution in [1.82, 2.24) is 0 Å². The van der Waals surface area contributed by atoms with Gasteiger partial charge in [0.2, 0.25) is 0 Å². The van der Waals surface area contributed by atoms with Crippen molar-refractivity contribution in [2.75, 3.05) is 13.2 Å². The average molecular weight is 378 g/mol. The summed E-state index contributed by atoms with van der Waals surface area (Å²) < 4.78 is 29.5. The zero-order valence-electron chi connectivity index (χ0n) is 16.5. The minimum Gasteiger partial charge on any atom is -0.380 e. The van der Waals surface area contributed by atoms with E-state index in [2.05, 4.69) is 6.58 Å². The predicted octanol–water partition coefficient (Wildman–Crippen LogP) is 2.79. The molecule has 0 radical (unpaired) electrons. The first kappa shape index (κ1) is 20.5. The molecule has 2 fully saturated rings. The van der Waals surface area contributed by atoms with Crippen LogP contribution < -0.4 is 0 Å². The number of hydrogen-bond donors (Lipinski definition) is 1. The lowest BCUT2D eigenvalue weighted by Crippen LogP contribution is -2.58. The monoisotopic (exact) mass is 378 g/mol. The minimum absolute atomic E-state index is 0.234. The van der Waals surface area contributed by atoms with Gasteiger partial charge in [-0.3, -0.25) is 0 Å². The normalized spacial score (nSPS) is 30.0. The number of benzene rings is 1. The standard InChI is InChI=1S/C21H30O6/c1-6-21(22,17-14-25-20(4,5)27-17)18(16-13-24-19(2,3)26-16)23-12-15-10-8-7-9-11-15/h6-11,16-18,22H,1,12-14H2,2-5H3/t16-,17-,18-,21-/m1/s1. The number of ether oxygens (including phenoxy) is 5. The van der Waals surface area contributed by atoms with E-state index in [-0.39, 0.29) is 6.61 Å². The van der Waals surface area contributed by atoms with Gasteiger partial charge >= 0.3 is 0 Å². The number of hydrogen-bond acceptors (Lipinski definition) is 6. The van der Waals surface area contributed by atoms with Crippen LogP contribution in [0.2, 0.25) is 0 Å². The van der Waals surface area contributed by atoms with Gasteiger partial charge in [0, 0.05) is 0 Å². The van der Waals surface area contributed by atoms with Crippen LogP contribution >= 0.6 is 0 Å². The van der Waals surface area contributed by atoms with Gasteiger partial charge in [-0.15, -0.1) is 6.58 Å². The van der Waals surface area contributed by atoms with E-state index in [4.69, 9.17) is 23.7 Å². The van der Waals surface area contributed by atoms with Crippen molar-refractivity contribution in [3.63, 3.8) is 0 Å². The molecule has 1 aromatic rings. The Morgan fingerprint density at radius 2 is 1.78 bits per heavy atom. The van der Waals surface area contributed by atoms with E-state index in [1.807, 2.05) is 58.0 Å². The van der Waals surface area contributed by atoms with Gasteiger partial charge < -0.3 is 28.8 Å². The highest BCUT2D eigenvalue weighted by atomic mass is 16.8. The highest BCUT2D eigenvalue weighted by Gasteiger charge is 2.54. The van der Waals surface area contributed by atoms with Crippen LogP contribution in [0.3, 0.4) is 0 Å². The molecule has 0 amide bonds. The Labute approximate surface area is 161 Å². The van der Waals surface area contributed by atoms with Crippen LogP contribution in [0.15, 0.2) is 43.0 Å². The van der Waals surface area contributed by atoms with E-state index in [0.717, 1.165) is 5.56 Å². The summed E-state index contributed by atoms with van der Waals surface area (Å²) in [4.78, 5) is 0. The van der Waals surface area contributed by atoms with Crippen molar-refractivity contribution < 1.29 is 28.8 Å². The molecule has 2 aliphatic heterocycles. The third-order valence-corrected chi connectivity index (χ3v) is 4.95. The molecule has 2 aliphatic rings. The first-order valence-corrected chi connectivity index (χ1v) is 9.30. The van der Waals surface area contributed by atoms with Gasteiger partial charge in [-0.1, -0.05) is 36.4 Å². The van der Waals surface area contributed by atoms with Gasteiger partial charge in [0.05, 0.1) is 19.8 Å². The molecule has 0 unspecified atom stereocenters. The molecule has 6 nitrogen and oxygen atoms in total. The van der Waals surface area contributed by atoms with Crippen molar-refractivity contribution in [3.05, 3.63) is 48.6 Å². The van der Waals surface area contributed by atoms with Crippen molar-refractivity contribution in [1.29, 1.82) is 0 Å². The lowest BCUT2D eigenvalue weighted by atomic mass is 9.87. The fourth-order valence-corrected chi connectivity index (χ4v) is 3.51. The molecule has 0 spiro atoms. The maximum Gasteiger partial charge on any atom is 0.163 e. The van der Waals surface area contributed by atoms with Gasteiger partial charge in [0.15, 0.2) is 11.6 Å². The molecule has 150 valence electrons. The van der Waals surface area contributed by atoms with E-state index >= 15 is 0 Å². The Morgan fingerprint density at radius 3 is 2.30 bits per heavy atom. The summed E-state index contributed by atoms with van der Waals surface area (Å²) in [6.07, 6.45) is -0.371. The molecular formula is C21H30O6. The van der Waals surface area contributed by atoms with Gasteiger partial charge in [-0.25, -0.2) is 0 Å².